The number of carbonyl (C=O) groups is 1. The van der Waals surface area contributed by atoms with Gasteiger partial charge in [0, 0.05) is 22.6 Å². The van der Waals surface area contributed by atoms with E-state index in [1.54, 1.807) is 7.11 Å². The van der Waals surface area contributed by atoms with Crippen LogP contribution in [0.25, 0.3) is 6.08 Å². The number of nitrogens with zero attached hydrogens (tertiary/aromatic N) is 1. The summed E-state index contributed by atoms with van der Waals surface area (Å²) >= 11 is 0. The highest BCUT2D eigenvalue weighted by Gasteiger charge is 2.71. The predicted molar refractivity (Wildman–Crippen MR) is 139 cm³/mol. The molecular weight excluding hydrogens is 422 g/mol. The molecule has 4 heteroatoms. The first-order valence-electron chi connectivity index (χ1n) is 12.9. The van der Waals surface area contributed by atoms with E-state index in [0.29, 0.717) is 6.04 Å². The standard InChI is InChI=1S/C26H27NO3.2C2H6/c1-25-15-18(13-16-7-5-4-6-8-16)22(28)24-26(25)11-12-27(2)20(25)14-17-9-10-19(29-3)23(30-24)21(17)26;2*1-2/h4-10,13,20,24H,11-12,14-15H2,1-3H3;2*1-2H3/t20?,24?,25-,26-;;/m0../s1. The Kier molecular flexibility index (Phi) is 6.65. The van der Waals surface area contributed by atoms with Crippen molar-refractivity contribution in [3.63, 3.8) is 0 Å². The van der Waals surface area contributed by atoms with Crippen molar-refractivity contribution in [1.29, 1.82) is 0 Å². The van der Waals surface area contributed by atoms with Crippen LogP contribution >= 0.6 is 0 Å². The highest BCUT2D eigenvalue weighted by atomic mass is 16.5. The van der Waals surface area contributed by atoms with E-state index >= 15 is 0 Å². The van der Waals surface area contributed by atoms with Gasteiger partial charge in [0.25, 0.3) is 0 Å². The van der Waals surface area contributed by atoms with Crippen molar-refractivity contribution in [2.75, 3.05) is 20.7 Å². The molecule has 2 aromatic carbocycles. The summed E-state index contributed by atoms with van der Waals surface area (Å²) in [6.45, 7) is 11.4. The molecule has 0 N–H and O–H groups in total. The van der Waals surface area contributed by atoms with Crippen molar-refractivity contribution >= 4 is 11.9 Å². The third-order valence-electron chi connectivity index (χ3n) is 8.37. The third kappa shape index (κ3) is 3.18. The summed E-state index contributed by atoms with van der Waals surface area (Å²) in [7, 11) is 3.92. The summed E-state index contributed by atoms with van der Waals surface area (Å²) in [6, 6.07) is 14.7. The van der Waals surface area contributed by atoms with E-state index in [-0.39, 0.29) is 16.6 Å². The Hall–Kier alpha value is -2.59. The second-order valence-electron chi connectivity index (χ2n) is 9.59. The number of piperidine rings is 1. The topological polar surface area (TPSA) is 38.8 Å². The SMILES string of the molecule is CC.CC.COc1ccc2c3c1OC1C(=O)C(=Cc4ccccc4)C[C@@]4(C)C(C2)N(C)CC[C@]314. The van der Waals surface area contributed by atoms with Crippen molar-refractivity contribution in [1.82, 2.24) is 4.90 Å². The largest absolute Gasteiger partial charge is 0.493 e. The predicted octanol–water partition coefficient (Wildman–Crippen LogP) is 6.07. The van der Waals surface area contributed by atoms with Crippen LogP contribution in [-0.2, 0) is 16.6 Å². The lowest BCUT2D eigenvalue weighted by atomic mass is 9.43. The number of likely N-dealkylation sites (tertiary alicyclic amines) is 1. The molecule has 2 heterocycles. The number of carbonyl (C=O) groups excluding carboxylic acids is 1. The molecule has 1 saturated heterocycles. The van der Waals surface area contributed by atoms with Crippen LogP contribution in [0.15, 0.2) is 48.0 Å². The van der Waals surface area contributed by atoms with Gasteiger partial charge >= 0.3 is 0 Å². The van der Waals surface area contributed by atoms with Crippen LogP contribution < -0.4 is 9.47 Å². The first-order chi connectivity index (χ1) is 16.5. The lowest BCUT2D eigenvalue weighted by Gasteiger charge is -2.63. The molecule has 0 amide bonds. The summed E-state index contributed by atoms with van der Waals surface area (Å²) in [4.78, 5) is 16.3. The number of methoxy groups -OCH3 is 1. The van der Waals surface area contributed by atoms with Crippen molar-refractivity contribution < 1.29 is 14.3 Å². The summed E-state index contributed by atoms with van der Waals surface area (Å²) in [5.74, 6) is 1.70. The molecule has 1 saturated carbocycles. The van der Waals surface area contributed by atoms with E-state index in [9.17, 15) is 4.79 Å². The van der Waals surface area contributed by atoms with Gasteiger partial charge in [0.2, 0.25) is 0 Å². The smallest absolute Gasteiger partial charge is 0.200 e. The third-order valence-corrected chi connectivity index (χ3v) is 8.37. The lowest BCUT2D eigenvalue weighted by molar-refractivity contribution is -0.142. The van der Waals surface area contributed by atoms with Crippen molar-refractivity contribution in [2.24, 2.45) is 5.41 Å². The highest BCUT2D eigenvalue weighted by molar-refractivity contribution is 6.06. The van der Waals surface area contributed by atoms with Gasteiger partial charge in [-0.1, -0.05) is 71.0 Å². The molecule has 4 nitrogen and oxygen atoms in total. The Morgan fingerprint density at radius 1 is 1.09 bits per heavy atom. The first-order valence-corrected chi connectivity index (χ1v) is 12.9. The molecular formula is C30H39NO3. The van der Waals surface area contributed by atoms with Crippen molar-refractivity contribution in [3.8, 4) is 11.5 Å². The molecule has 2 aromatic rings. The quantitative estimate of drug-likeness (QED) is 0.509. The fraction of sp³-hybridized carbons (Fsp3) is 0.500. The van der Waals surface area contributed by atoms with Gasteiger partial charge in [0.15, 0.2) is 23.4 Å². The number of likely N-dealkylation sites (N-methyl/N-ethyl adjacent to an activating group) is 1. The zero-order chi connectivity index (χ0) is 24.7. The average Bonchev–Trinajstić information content (AvgIpc) is 3.23. The second-order valence-corrected chi connectivity index (χ2v) is 9.59. The zero-order valence-electron chi connectivity index (χ0n) is 21.8. The van der Waals surface area contributed by atoms with E-state index < -0.39 is 6.10 Å². The van der Waals surface area contributed by atoms with Crippen molar-refractivity contribution in [2.45, 2.75) is 71.4 Å². The number of benzene rings is 2. The van der Waals surface area contributed by atoms with Crippen LogP contribution in [0.5, 0.6) is 11.5 Å². The summed E-state index contributed by atoms with van der Waals surface area (Å²) < 4.78 is 12.2. The maximum atomic E-state index is 13.8. The molecule has 6 rings (SSSR count). The van der Waals surface area contributed by atoms with Gasteiger partial charge in [0.05, 0.1) is 12.5 Å². The van der Waals surface area contributed by atoms with Gasteiger partial charge in [-0.3, -0.25) is 4.79 Å². The Balaban J connectivity index is 0.000000652. The molecule has 182 valence electrons. The molecule has 4 atom stereocenters. The van der Waals surface area contributed by atoms with Gasteiger partial charge in [-0.2, -0.15) is 0 Å². The Labute approximate surface area is 205 Å². The lowest BCUT2D eigenvalue weighted by Crippen LogP contribution is -2.71. The second kappa shape index (κ2) is 9.22. The van der Waals surface area contributed by atoms with Crippen LogP contribution in [0.4, 0.5) is 0 Å². The molecule has 2 bridgehead atoms. The van der Waals surface area contributed by atoms with E-state index in [1.807, 2.05) is 52.0 Å². The normalized spacial score (nSPS) is 31.4. The van der Waals surface area contributed by atoms with Crippen LogP contribution in [0.1, 0.15) is 64.2 Å². The van der Waals surface area contributed by atoms with E-state index in [1.165, 1.54) is 11.1 Å². The monoisotopic (exact) mass is 461 g/mol. The number of hydrogen-bond donors (Lipinski definition) is 0. The maximum Gasteiger partial charge on any atom is 0.200 e. The first kappa shape index (κ1) is 24.5. The number of ether oxygens (including phenoxy) is 2. The summed E-state index contributed by atoms with van der Waals surface area (Å²) in [5, 5.41) is 0. The van der Waals surface area contributed by atoms with Crippen LogP contribution in [-0.4, -0.2) is 43.5 Å². The fourth-order valence-corrected chi connectivity index (χ4v) is 6.98. The number of hydrogen-bond acceptors (Lipinski definition) is 4. The minimum atomic E-state index is -0.465. The summed E-state index contributed by atoms with van der Waals surface area (Å²) in [6.07, 6.45) is 4.33. The maximum absolute atomic E-state index is 13.8. The number of ketones is 1. The van der Waals surface area contributed by atoms with Gasteiger partial charge in [0.1, 0.15) is 0 Å². The molecule has 4 aliphatic rings. The number of Topliss-reactive ketones (excluding diaryl/α,β-unsaturated/α-hetero) is 1. The van der Waals surface area contributed by atoms with Crippen LogP contribution in [0.2, 0.25) is 0 Å². The Morgan fingerprint density at radius 3 is 2.47 bits per heavy atom. The van der Waals surface area contributed by atoms with Crippen molar-refractivity contribution in [3.05, 3.63) is 64.7 Å². The molecule has 34 heavy (non-hydrogen) atoms. The summed E-state index contributed by atoms with van der Waals surface area (Å²) in [5.41, 5.74) is 4.20. The average molecular weight is 462 g/mol. The molecule has 0 radical (unpaired) electrons. The molecule has 2 aliphatic carbocycles. The number of rotatable bonds is 2. The fourth-order valence-electron chi connectivity index (χ4n) is 6.98. The van der Waals surface area contributed by atoms with Crippen LogP contribution in [0, 0.1) is 5.41 Å². The van der Waals surface area contributed by atoms with E-state index in [4.69, 9.17) is 9.47 Å². The Morgan fingerprint density at radius 2 is 1.79 bits per heavy atom. The van der Waals surface area contributed by atoms with E-state index in [0.717, 1.165) is 48.4 Å². The Bertz CT molecular complexity index is 1090. The zero-order valence-corrected chi connectivity index (χ0v) is 21.8. The van der Waals surface area contributed by atoms with Gasteiger partial charge in [-0.15, -0.1) is 0 Å². The molecule has 2 aliphatic heterocycles. The molecule has 2 fully saturated rings. The van der Waals surface area contributed by atoms with E-state index in [2.05, 4.69) is 43.1 Å². The highest BCUT2D eigenvalue weighted by Crippen LogP contribution is 2.69. The van der Waals surface area contributed by atoms with Gasteiger partial charge in [-0.05, 0) is 56.1 Å². The molecule has 2 unspecified atom stereocenters. The minimum Gasteiger partial charge on any atom is -0.493 e. The van der Waals surface area contributed by atoms with Gasteiger partial charge < -0.3 is 14.4 Å². The molecule has 0 aromatic heterocycles. The minimum absolute atomic E-state index is 0.0657. The molecule has 1 spiro atoms. The van der Waals surface area contributed by atoms with Gasteiger partial charge in [-0.25, -0.2) is 0 Å². The van der Waals surface area contributed by atoms with Crippen LogP contribution in [0.3, 0.4) is 0 Å².